The summed E-state index contributed by atoms with van der Waals surface area (Å²) in [6.07, 6.45) is 2.01. The topological polar surface area (TPSA) is 68.0 Å². The van der Waals surface area contributed by atoms with Gasteiger partial charge in [0.05, 0.1) is 0 Å². The molecule has 6 heteroatoms. The summed E-state index contributed by atoms with van der Waals surface area (Å²) in [5.74, 6) is 0.0924. The van der Waals surface area contributed by atoms with E-state index >= 15 is 0 Å². The smallest absolute Gasteiger partial charge is 0.322 e. The lowest BCUT2D eigenvalue weighted by Crippen LogP contribution is -2.11. The third kappa shape index (κ3) is 3.60. The zero-order valence-electron chi connectivity index (χ0n) is 12.7. The molecule has 0 unspecified atom stereocenters. The summed E-state index contributed by atoms with van der Waals surface area (Å²) in [4.78, 5) is 13.3. The van der Waals surface area contributed by atoms with E-state index in [4.69, 9.17) is 4.42 Å². The summed E-state index contributed by atoms with van der Waals surface area (Å²) in [7, 11) is 0. The van der Waals surface area contributed by atoms with E-state index < -0.39 is 0 Å². The van der Waals surface area contributed by atoms with Gasteiger partial charge in [0, 0.05) is 16.0 Å². The SMILES string of the molecule is CSc1ccc(-c2nnc(NC(=O)c3ccc(C)cc3)o2)cc1. The second kappa shape index (κ2) is 6.66. The molecule has 0 aliphatic heterocycles. The van der Waals surface area contributed by atoms with Gasteiger partial charge in [0.25, 0.3) is 5.91 Å². The minimum absolute atomic E-state index is 0.0829. The van der Waals surface area contributed by atoms with Crippen molar-refractivity contribution in [1.82, 2.24) is 10.2 Å². The molecule has 5 nitrogen and oxygen atoms in total. The Balaban J connectivity index is 1.73. The summed E-state index contributed by atoms with van der Waals surface area (Å²) in [5.41, 5.74) is 2.45. The highest BCUT2D eigenvalue weighted by atomic mass is 32.2. The van der Waals surface area contributed by atoms with E-state index in [-0.39, 0.29) is 11.9 Å². The first-order valence-corrected chi connectivity index (χ1v) is 8.24. The van der Waals surface area contributed by atoms with Crippen molar-refractivity contribution in [2.75, 3.05) is 11.6 Å². The number of carbonyl (C=O) groups is 1. The highest BCUT2D eigenvalue weighted by Gasteiger charge is 2.12. The fraction of sp³-hybridized carbons (Fsp3) is 0.118. The Morgan fingerprint density at radius 2 is 1.74 bits per heavy atom. The normalized spacial score (nSPS) is 10.5. The Kier molecular flexibility index (Phi) is 4.43. The van der Waals surface area contributed by atoms with Crippen LogP contribution in [0.3, 0.4) is 0 Å². The van der Waals surface area contributed by atoms with E-state index in [1.54, 1.807) is 23.9 Å². The van der Waals surface area contributed by atoms with E-state index in [9.17, 15) is 4.79 Å². The maximum absolute atomic E-state index is 12.1. The van der Waals surface area contributed by atoms with Gasteiger partial charge in [-0.2, -0.15) is 0 Å². The number of benzene rings is 2. The van der Waals surface area contributed by atoms with E-state index in [0.29, 0.717) is 11.5 Å². The molecule has 0 fully saturated rings. The van der Waals surface area contributed by atoms with Crippen molar-refractivity contribution in [2.24, 2.45) is 0 Å². The van der Waals surface area contributed by atoms with Crippen LogP contribution in [0.5, 0.6) is 0 Å². The van der Waals surface area contributed by atoms with Crippen LogP contribution in [0.2, 0.25) is 0 Å². The Morgan fingerprint density at radius 3 is 2.39 bits per heavy atom. The minimum atomic E-state index is -0.280. The van der Waals surface area contributed by atoms with Crippen LogP contribution >= 0.6 is 11.8 Å². The Morgan fingerprint density at radius 1 is 1.04 bits per heavy atom. The minimum Gasteiger partial charge on any atom is -0.403 e. The number of nitrogens with one attached hydrogen (secondary N) is 1. The predicted molar refractivity (Wildman–Crippen MR) is 90.6 cm³/mol. The van der Waals surface area contributed by atoms with Gasteiger partial charge < -0.3 is 4.42 Å². The molecular weight excluding hydrogens is 310 g/mol. The van der Waals surface area contributed by atoms with Crippen LogP contribution in [0.25, 0.3) is 11.5 Å². The Bertz CT molecular complexity index is 811. The van der Waals surface area contributed by atoms with Crippen molar-refractivity contribution in [3.05, 3.63) is 59.7 Å². The van der Waals surface area contributed by atoms with Crippen LogP contribution in [0.1, 0.15) is 15.9 Å². The standard InChI is InChI=1S/C17H15N3O2S/c1-11-3-5-12(6-4-11)15(21)18-17-20-19-16(22-17)13-7-9-14(23-2)10-8-13/h3-10H,1-2H3,(H,18,20,21). The number of carbonyl (C=O) groups excluding carboxylic acids is 1. The predicted octanol–water partition coefficient (Wildman–Crippen LogP) is 4.02. The Labute approximate surface area is 138 Å². The average molecular weight is 325 g/mol. The summed E-state index contributed by atoms with van der Waals surface area (Å²) >= 11 is 1.66. The number of aryl methyl sites for hydroxylation is 1. The molecular formula is C17H15N3O2S. The molecule has 0 saturated heterocycles. The molecule has 1 heterocycles. The van der Waals surface area contributed by atoms with Gasteiger partial charge in [0.2, 0.25) is 5.89 Å². The number of hydrogen-bond donors (Lipinski definition) is 1. The molecule has 1 amide bonds. The van der Waals surface area contributed by atoms with Crippen molar-refractivity contribution in [2.45, 2.75) is 11.8 Å². The monoisotopic (exact) mass is 325 g/mol. The van der Waals surface area contributed by atoms with Crippen molar-refractivity contribution in [1.29, 1.82) is 0 Å². The third-order valence-electron chi connectivity index (χ3n) is 3.30. The van der Waals surface area contributed by atoms with Gasteiger partial charge in [-0.1, -0.05) is 22.8 Å². The third-order valence-corrected chi connectivity index (χ3v) is 4.04. The molecule has 0 saturated carbocycles. The number of hydrogen-bond acceptors (Lipinski definition) is 5. The molecule has 116 valence electrons. The first-order chi connectivity index (χ1) is 11.2. The van der Waals surface area contributed by atoms with Crippen LogP contribution in [0, 0.1) is 6.92 Å². The van der Waals surface area contributed by atoms with Gasteiger partial charge in [0.1, 0.15) is 0 Å². The van der Waals surface area contributed by atoms with Crippen LogP contribution in [0.15, 0.2) is 57.8 Å². The van der Waals surface area contributed by atoms with E-state index in [0.717, 1.165) is 16.0 Å². The lowest BCUT2D eigenvalue weighted by molar-refractivity contribution is 0.102. The Hall–Kier alpha value is -2.60. The number of amides is 1. The van der Waals surface area contributed by atoms with Crippen molar-refractivity contribution in [3.63, 3.8) is 0 Å². The number of aromatic nitrogens is 2. The van der Waals surface area contributed by atoms with E-state index in [1.807, 2.05) is 49.6 Å². The molecule has 1 aromatic heterocycles. The summed E-state index contributed by atoms with van der Waals surface area (Å²) in [6, 6.07) is 15.1. The quantitative estimate of drug-likeness (QED) is 0.734. The number of rotatable bonds is 4. The summed E-state index contributed by atoms with van der Waals surface area (Å²) < 4.78 is 5.50. The van der Waals surface area contributed by atoms with Gasteiger partial charge in [-0.15, -0.1) is 16.9 Å². The zero-order chi connectivity index (χ0) is 16.2. The van der Waals surface area contributed by atoms with Gasteiger partial charge in [-0.05, 0) is 49.6 Å². The van der Waals surface area contributed by atoms with Crippen LogP contribution in [-0.2, 0) is 0 Å². The zero-order valence-corrected chi connectivity index (χ0v) is 13.6. The molecule has 3 rings (SSSR count). The second-order valence-corrected chi connectivity index (χ2v) is 5.84. The molecule has 23 heavy (non-hydrogen) atoms. The van der Waals surface area contributed by atoms with Crippen molar-refractivity contribution >= 4 is 23.7 Å². The highest BCUT2D eigenvalue weighted by Crippen LogP contribution is 2.23. The number of anilines is 1. The molecule has 0 spiro atoms. The van der Waals surface area contributed by atoms with E-state index in [1.165, 1.54) is 0 Å². The molecule has 3 aromatic rings. The van der Waals surface area contributed by atoms with Gasteiger partial charge in [-0.3, -0.25) is 10.1 Å². The lowest BCUT2D eigenvalue weighted by atomic mass is 10.1. The molecule has 2 aromatic carbocycles. The molecule has 1 N–H and O–H groups in total. The second-order valence-electron chi connectivity index (χ2n) is 4.96. The summed E-state index contributed by atoms with van der Waals surface area (Å²) in [6.45, 7) is 1.97. The fourth-order valence-electron chi connectivity index (χ4n) is 2.00. The first kappa shape index (κ1) is 15.3. The van der Waals surface area contributed by atoms with Crippen LogP contribution < -0.4 is 5.32 Å². The van der Waals surface area contributed by atoms with E-state index in [2.05, 4.69) is 15.5 Å². The largest absolute Gasteiger partial charge is 0.403 e. The highest BCUT2D eigenvalue weighted by molar-refractivity contribution is 7.98. The molecule has 0 aliphatic rings. The van der Waals surface area contributed by atoms with Gasteiger partial charge in [0.15, 0.2) is 0 Å². The maximum Gasteiger partial charge on any atom is 0.322 e. The number of nitrogens with zero attached hydrogens (tertiary/aromatic N) is 2. The maximum atomic E-state index is 12.1. The molecule has 0 bridgehead atoms. The molecule has 0 aliphatic carbocycles. The van der Waals surface area contributed by atoms with Gasteiger partial charge in [-0.25, -0.2) is 0 Å². The van der Waals surface area contributed by atoms with Crippen LogP contribution in [-0.4, -0.2) is 22.4 Å². The molecule has 0 atom stereocenters. The fourth-order valence-corrected chi connectivity index (χ4v) is 2.41. The average Bonchev–Trinajstić information content (AvgIpc) is 3.04. The molecule has 0 radical (unpaired) electrons. The summed E-state index contributed by atoms with van der Waals surface area (Å²) in [5, 5.41) is 10.4. The lowest BCUT2D eigenvalue weighted by Gasteiger charge is -2.01. The van der Waals surface area contributed by atoms with Crippen molar-refractivity contribution in [3.8, 4) is 11.5 Å². The number of thioether (sulfide) groups is 1. The van der Waals surface area contributed by atoms with Gasteiger partial charge >= 0.3 is 6.01 Å². The van der Waals surface area contributed by atoms with Crippen LogP contribution in [0.4, 0.5) is 6.01 Å². The van der Waals surface area contributed by atoms with Crippen molar-refractivity contribution < 1.29 is 9.21 Å². The first-order valence-electron chi connectivity index (χ1n) is 7.01.